The van der Waals surface area contributed by atoms with Crippen LogP contribution in [0.5, 0.6) is 0 Å². The van der Waals surface area contributed by atoms with Gasteiger partial charge in [-0.2, -0.15) is 0 Å². The maximum atomic E-state index is 11.2. The Balaban J connectivity index is 1.50. The zero-order valence-corrected chi connectivity index (χ0v) is 12.0. The molecule has 0 radical (unpaired) electrons. The first-order valence-corrected chi connectivity index (χ1v) is 7.82. The van der Waals surface area contributed by atoms with Crippen LogP contribution >= 0.6 is 0 Å². The van der Waals surface area contributed by atoms with Gasteiger partial charge in [-0.05, 0) is 61.8 Å². The van der Waals surface area contributed by atoms with E-state index < -0.39 is 0 Å². The standard InChI is InChI=1S/C17H24N2O/c18-16(20)14-5-3-4-13(12-14)7-11-19-15-6-10-17(15)8-1-2-9-17/h3-5,12,15,19H,1-2,6-11H2,(H2,18,20)/t15-/m0/s1. The lowest BCUT2D eigenvalue weighted by atomic mass is 9.63. The molecule has 3 heteroatoms. The zero-order valence-electron chi connectivity index (χ0n) is 12.0. The SMILES string of the molecule is NC(=O)c1cccc(CCN[C@H]2CCC23CCCC3)c1. The predicted molar refractivity (Wildman–Crippen MR) is 80.6 cm³/mol. The summed E-state index contributed by atoms with van der Waals surface area (Å²) in [6.07, 6.45) is 9.39. The molecule has 2 fully saturated rings. The second-order valence-electron chi connectivity index (χ2n) is 6.43. The van der Waals surface area contributed by atoms with Crippen molar-refractivity contribution in [2.24, 2.45) is 11.1 Å². The molecule has 1 aromatic carbocycles. The third-order valence-electron chi connectivity index (χ3n) is 5.29. The van der Waals surface area contributed by atoms with Crippen molar-refractivity contribution in [3.63, 3.8) is 0 Å². The highest BCUT2D eigenvalue weighted by Gasteiger charge is 2.47. The van der Waals surface area contributed by atoms with Crippen molar-refractivity contribution >= 4 is 5.91 Å². The van der Waals surface area contributed by atoms with E-state index in [1.807, 2.05) is 12.1 Å². The molecule has 1 aromatic rings. The number of rotatable bonds is 5. The van der Waals surface area contributed by atoms with Gasteiger partial charge in [0.05, 0.1) is 0 Å². The molecule has 1 atom stereocenters. The molecule has 1 amide bonds. The van der Waals surface area contributed by atoms with E-state index in [1.165, 1.54) is 44.1 Å². The number of nitrogens with one attached hydrogen (secondary N) is 1. The van der Waals surface area contributed by atoms with Gasteiger partial charge in [0.1, 0.15) is 0 Å². The number of nitrogens with two attached hydrogens (primary N) is 1. The highest BCUT2D eigenvalue weighted by Crippen LogP contribution is 2.53. The van der Waals surface area contributed by atoms with Crippen LogP contribution in [0, 0.1) is 5.41 Å². The van der Waals surface area contributed by atoms with Crippen LogP contribution in [-0.2, 0) is 6.42 Å². The summed E-state index contributed by atoms with van der Waals surface area (Å²) in [5, 5.41) is 3.73. The molecule has 108 valence electrons. The molecular formula is C17H24N2O. The fourth-order valence-electron chi connectivity index (χ4n) is 3.96. The normalized spacial score (nSPS) is 23.7. The summed E-state index contributed by atoms with van der Waals surface area (Å²) >= 11 is 0. The zero-order chi connectivity index (χ0) is 14.0. The van der Waals surface area contributed by atoms with E-state index in [-0.39, 0.29) is 5.91 Å². The van der Waals surface area contributed by atoms with Crippen LogP contribution in [-0.4, -0.2) is 18.5 Å². The maximum absolute atomic E-state index is 11.2. The van der Waals surface area contributed by atoms with E-state index in [2.05, 4.69) is 11.4 Å². The van der Waals surface area contributed by atoms with Crippen molar-refractivity contribution < 1.29 is 4.79 Å². The van der Waals surface area contributed by atoms with Crippen molar-refractivity contribution in [3.05, 3.63) is 35.4 Å². The summed E-state index contributed by atoms with van der Waals surface area (Å²) < 4.78 is 0. The van der Waals surface area contributed by atoms with E-state index >= 15 is 0 Å². The number of carbonyl (C=O) groups is 1. The number of benzene rings is 1. The van der Waals surface area contributed by atoms with Crippen LogP contribution < -0.4 is 11.1 Å². The Hall–Kier alpha value is -1.35. The molecule has 0 unspecified atom stereocenters. The summed E-state index contributed by atoms with van der Waals surface area (Å²) in [6, 6.07) is 8.40. The summed E-state index contributed by atoms with van der Waals surface area (Å²) in [5.41, 5.74) is 7.75. The molecule has 1 spiro atoms. The first kappa shape index (κ1) is 13.6. The lowest BCUT2D eigenvalue weighted by Crippen LogP contribution is -2.52. The highest BCUT2D eigenvalue weighted by atomic mass is 16.1. The van der Waals surface area contributed by atoms with Gasteiger partial charge < -0.3 is 11.1 Å². The molecule has 0 saturated heterocycles. The van der Waals surface area contributed by atoms with Crippen molar-refractivity contribution in [2.45, 2.75) is 51.0 Å². The van der Waals surface area contributed by atoms with Crippen LogP contribution in [0.4, 0.5) is 0 Å². The third-order valence-corrected chi connectivity index (χ3v) is 5.29. The second-order valence-corrected chi connectivity index (χ2v) is 6.43. The monoisotopic (exact) mass is 272 g/mol. The number of hydrogen-bond acceptors (Lipinski definition) is 2. The maximum Gasteiger partial charge on any atom is 0.248 e. The van der Waals surface area contributed by atoms with Crippen LogP contribution in [0.25, 0.3) is 0 Å². The van der Waals surface area contributed by atoms with Crippen LogP contribution in [0.3, 0.4) is 0 Å². The fraction of sp³-hybridized carbons (Fsp3) is 0.588. The second kappa shape index (κ2) is 5.57. The van der Waals surface area contributed by atoms with Gasteiger partial charge in [-0.3, -0.25) is 4.79 Å². The first-order valence-electron chi connectivity index (χ1n) is 7.82. The van der Waals surface area contributed by atoms with Gasteiger partial charge >= 0.3 is 0 Å². The first-order chi connectivity index (χ1) is 9.70. The molecule has 3 N–H and O–H groups in total. The molecule has 0 aromatic heterocycles. The van der Waals surface area contributed by atoms with Crippen molar-refractivity contribution in [1.82, 2.24) is 5.32 Å². The Morgan fingerprint density at radius 1 is 1.30 bits per heavy atom. The molecule has 3 rings (SSSR count). The molecule has 2 aliphatic rings. The smallest absolute Gasteiger partial charge is 0.248 e. The van der Waals surface area contributed by atoms with E-state index in [1.54, 1.807) is 6.07 Å². The minimum Gasteiger partial charge on any atom is -0.366 e. The average Bonchev–Trinajstić information content (AvgIpc) is 2.94. The largest absolute Gasteiger partial charge is 0.366 e. The van der Waals surface area contributed by atoms with Gasteiger partial charge in [0.25, 0.3) is 0 Å². The minimum atomic E-state index is -0.344. The van der Waals surface area contributed by atoms with E-state index in [0.29, 0.717) is 11.0 Å². The van der Waals surface area contributed by atoms with Crippen LogP contribution in [0.2, 0.25) is 0 Å². The Morgan fingerprint density at radius 3 is 2.75 bits per heavy atom. The van der Waals surface area contributed by atoms with Gasteiger partial charge in [-0.25, -0.2) is 0 Å². The lowest BCUT2D eigenvalue weighted by Gasteiger charge is -2.48. The van der Waals surface area contributed by atoms with E-state index in [9.17, 15) is 4.79 Å². The Labute approximate surface area is 120 Å². The minimum absolute atomic E-state index is 0.344. The molecule has 0 bridgehead atoms. The van der Waals surface area contributed by atoms with Gasteiger partial charge in [-0.1, -0.05) is 25.0 Å². The van der Waals surface area contributed by atoms with E-state index in [0.717, 1.165) is 19.0 Å². The Bertz CT molecular complexity index is 492. The van der Waals surface area contributed by atoms with Crippen molar-refractivity contribution in [1.29, 1.82) is 0 Å². The quantitative estimate of drug-likeness (QED) is 0.865. The lowest BCUT2D eigenvalue weighted by molar-refractivity contribution is 0.0735. The number of hydrogen-bond donors (Lipinski definition) is 2. The van der Waals surface area contributed by atoms with Gasteiger partial charge in [0.15, 0.2) is 0 Å². The summed E-state index contributed by atoms with van der Waals surface area (Å²) in [4.78, 5) is 11.2. The molecule has 2 saturated carbocycles. The summed E-state index contributed by atoms with van der Waals surface area (Å²) in [5.74, 6) is -0.344. The molecule has 0 aliphatic heterocycles. The van der Waals surface area contributed by atoms with E-state index in [4.69, 9.17) is 5.73 Å². The fourth-order valence-corrected chi connectivity index (χ4v) is 3.96. The van der Waals surface area contributed by atoms with Crippen molar-refractivity contribution in [2.75, 3.05) is 6.54 Å². The number of carbonyl (C=O) groups excluding carboxylic acids is 1. The van der Waals surface area contributed by atoms with Crippen LogP contribution in [0.15, 0.2) is 24.3 Å². The summed E-state index contributed by atoms with van der Waals surface area (Å²) in [7, 11) is 0. The molecule has 20 heavy (non-hydrogen) atoms. The van der Waals surface area contributed by atoms with Crippen molar-refractivity contribution in [3.8, 4) is 0 Å². The van der Waals surface area contributed by atoms with Gasteiger partial charge in [-0.15, -0.1) is 0 Å². The Morgan fingerprint density at radius 2 is 2.10 bits per heavy atom. The molecule has 0 heterocycles. The molecule has 3 nitrogen and oxygen atoms in total. The Kier molecular flexibility index (Phi) is 3.79. The van der Waals surface area contributed by atoms with Gasteiger partial charge in [0.2, 0.25) is 5.91 Å². The molecular weight excluding hydrogens is 248 g/mol. The predicted octanol–water partition coefficient (Wildman–Crippen LogP) is 2.64. The average molecular weight is 272 g/mol. The van der Waals surface area contributed by atoms with Crippen LogP contribution in [0.1, 0.15) is 54.4 Å². The highest BCUT2D eigenvalue weighted by molar-refractivity contribution is 5.92. The summed E-state index contributed by atoms with van der Waals surface area (Å²) in [6.45, 7) is 0.995. The topological polar surface area (TPSA) is 55.1 Å². The third kappa shape index (κ3) is 2.59. The molecule has 2 aliphatic carbocycles. The number of primary amides is 1. The number of amides is 1. The van der Waals surface area contributed by atoms with Gasteiger partial charge in [0, 0.05) is 11.6 Å².